The van der Waals surface area contributed by atoms with Crippen LogP contribution in [0.15, 0.2) is 48.5 Å². The lowest BCUT2D eigenvalue weighted by Crippen LogP contribution is -1.93. The monoisotopic (exact) mass is 272 g/mol. The zero-order chi connectivity index (χ0) is 14.5. The molecule has 2 aromatic carbocycles. The molecule has 0 saturated carbocycles. The highest BCUT2D eigenvalue weighted by atomic mass is 19.1. The first kappa shape index (κ1) is 13.8. The van der Waals surface area contributed by atoms with Crippen LogP contribution in [0.4, 0.5) is 4.39 Å². The third kappa shape index (κ3) is 3.45. The Morgan fingerprint density at radius 1 is 1.20 bits per heavy atom. The van der Waals surface area contributed by atoms with E-state index in [9.17, 15) is 9.18 Å². The Morgan fingerprint density at radius 3 is 2.55 bits per heavy atom. The number of carbonyl (C=O) groups is 1. The van der Waals surface area contributed by atoms with E-state index in [1.807, 2.05) is 19.1 Å². The Bertz CT molecular complexity index is 645. The third-order valence-electron chi connectivity index (χ3n) is 2.64. The summed E-state index contributed by atoms with van der Waals surface area (Å²) in [5.41, 5.74) is 1.44. The van der Waals surface area contributed by atoms with Crippen molar-refractivity contribution in [1.29, 1.82) is 0 Å². The van der Waals surface area contributed by atoms with Crippen LogP contribution in [0.25, 0.3) is 6.08 Å². The van der Waals surface area contributed by atoms with E-state index in [4.69, 9.17) is 9.84 Å². The summed E-state index contributed by atoms with van der Waals surface area (Å²) in [7, 11) is 0. The first-order valence-electron chi connectivity index (χ1n) is 6.00. The maximum absolute atomic E-state index is 13.8. The molecule has 0 aromatic heterocycles. The molecule has 102 valence electrons. The zero-order valence-corrected chi connectivity index (χ0v) is 10.8. The van der Waals surface area contributed by atoms with Gasteiger partial charge in [0.1, 0.15) is 5.75 Å². The minimum Gasteiger partial charge on any atom is -0.478 e. The number of aryl methyl sites for hydroxylation is 1. The number of benzene rings is 2. The molecule has 0 aliphatic carbocycles. The molecule has 0 atom stereocenters. The molecule has 0 fully saturated rings. The van der Waals surface area contributed by atoms with Crippen molar-refractivity contribution in [2.45, 2.75) is 6.92 Å². The summed E-state index contributed by atoms with van der Waals surface area (Å²) >= 11 is 0. The Hall–Kier alpha value is -2.62. The number of hydrogen-bond donors (Lipinski definition) is 1. The lowest BCUT2D eigenvalue weighted by atomic mass is 10.1. The van der Waals surface area contributed by atoms with Gasteiger partial charge in [0.05, 0.1) is 0 Å². The molecule has 20 heavy (non-hydrogen) atoms. The molecule has 0 unspecified atom stereocenters. The molecule has 4 heteroatoms. The van der Waals surface area contributed by atoms with Gasteiger partial charge in [-0.2, -0.15) is 0 Å². The maximum atomic E-state index is 13.8. The average molecular weight is 272 g/mol. The summed E-state index contributed by atoms with van der Waals surface area (Å²) in [6.07, 6.45) is 2.24. The molecule has 2 aromatic rings. The summed E-state index contributed by atoms with van der Waals surface area (Å²) in [5, 5.41) is 8.63. The molecule has 1 N–H and O–H groups in total. The summed E-state index contributed by atoms with van der Waals surface area (Å²) < 4.78 is 19.3. The maximum Gasteiger partial charge on any atom is 0.328 e. The molecule has 0 spiro atoms. The topological polar surface area (TPSA) is 46.5 Å². The largest absolute Gasteiger partial charge is 0.478 e. The van der Waals surface area contributed by atoms with Crippen molar-refractivity contribution in [2.75, 3.05) is 0 Å². The first-order chi connectivity index (χ1) is 9.56. The van der Waals surface area contributed by atoms with Crippen LogP contribution in [0.2, 0.25) is 0 Å². The molecule has 0 bridgehead atoms. The predicted molar refractivity (Wildman–Crippen MR) is 74.3 cm³/mol. The van der Waals surface area contributed by atoms with E-state index >= 15 is 0 Å². The number of rotatable bonds is 4. The number of para-hydroxylation sites is 1. The Morgan fingerprint density at radius 2 is 1.90 bits per heavy atom. The Balaban J connectivity index is 2.34. The highest BCUT2D eigenvalue weighted by Gasteiger charge is 2.09. The SMILES string of the molecule is Cc1ccc(Oc2c(F)cccc2/C=C/C(=O)O)cc1. The summed E-state index contributed by atoms with van der Waals surface area (Å²) in [6.45, 7) is 1.94. The van der Waals surface area contributed by atoms with Crippen LogP contribution in [0.3, 0.4) is 0 Å². The van der Waals surface area contributed by atoms with Crippen LogP contribution in [-0.2, 0) is 4.79 Å². The highest BCUT2D eigenvalue weighted by Crippen LogP contribution is 2.29. The highest BCUT2D eigenvalue weighted by molar-refractivity contribution is 5.85. The molecule has 0 heterocycles. The average Bonchev–Trinajstić information content (AvgIpc) is 2.41. The molecule has 0 aliphatic rings. The summed E-state index contributed by atoms with van der Waals surface area (Å²) in [6, 6.07) is 11.5. The minimum absolute atomic E-state index is 0.00820. The zero-order valence-electron chi connectivity index (χ0n) is 10.8. The van der Waals surface area contributed by atoms with Crippen LogP contribution in [0.1, 0.15) is 11.1 Å². The second-order valence-corrected chi connectivity index (χ2v) is 4.24. The standard InChI is InChI=1S/C16H13FO3/c1-11-5-8-13(9-6-11)20-16-12(7-10-15(18)19)3-2-4-14(16)17/h2-10H,1H3,(H,18,19)/b10-7+. The Kier molecular flexibility index (Phi) is 4.15. The number of aliphatic carboxylic acids is 1. The van der Waals surface area contributed by atoms with Crippen molar-refractivity contribution >= 4 is 12.0 Å². The second kappa shape index (κ2) is 6.02. The van der Waals surface area contributed by atoms with Gasteiger partial charge in [0.2, 0.25) is 0 Å². The summed E-state index contributed by atoms with van der Waals surface area (Å²) in [4.78, 5) is 10.5. The molecule has 0 radical (unpaired) electrons. The van der Waals surface area contributed by atoms with Gasteiger partial charge in [-0.25, -0.2) is 9.18 Å². The van der Waals surface area contributed by atoms with E-state index in [1.54, 1.807) is 18.2 Å². The van der Waals surface area contributed by atoms with Crippen LogP contribution in [0.5, 0.6) is 11.5 Å². The fourth-order valence-electron chi connectivity index (χ4n) is 1.65. The van der Waals surface area contributed by atoms with Gasteiger partial charge in [0, 0.05) is 11.6 Å². The van der Waals surface area contributed by atoms with Crippen LogP contribution < -0.4 is 4.74 Å². The van der Waals surface area contributed by atoms with Crippen molar-refractivity contribution in [3.63, 3.8) is 0 Å². The smallest absolute Gasteiger partial charge is 0.328 e. The van der Waals surface area contributed by atoms with Gasteiger partial charge in [0.15, 0.2) is 11.6 Å². The lowest BCUT2D eigenvalue weighted by Gasteiger charge is -2.10. The van der Waals surface area contributed by atoms with E-state index in [0.29, 0.717) is 11.3 Å². The fraction of sp³-hybridized carbons (Fsp3) is 0.0625. The van der Waals surface area contributed by atoms with Crippen molar-refractivity contribution in [1.82, 2.24) is 0 Å². The van der Waals surface area contributed by atoms with Crippen LogP contribution >= 0.6 is 0 Å². The van der Waals surface area contributed by atoms with Crippen molar-refractivity contribution < 1.29 is 19.0 Å². The Labute approximate surface area is 115 Å². The van der Waals surface area contributed by atoms with E-state index in [-0.39, 0.29) is 5.75 Å². The molecular weight excluding hydrogens is 259 g/mol. The first-order valence-corrected chi connectivity index (χ1v) is 6.00. The normalized spacial score (nSPS) is 10.7. The number of hydrogen-bond acceptors (Lipinski definition) is 2. The quantitative estimate of drug-likeness (QED) is 0.855. The number of carboxylic acids is 1. The van der Waals surface area contributed by atoms with Gasteiger partial charge in [-0.05, 0) is 31.2 Å². The predicted octanol–water partition coefficient (Wildman–Crippen LogP) is 4.02. The van der Waals surface area contributed by atoms with Crippen molar-refractivity contribution in [3.8, 4) is 11.5 Å². The fourth-order valence-corrected chi connectivity index (χ4v) is 1.65. The van der Waals surface area contributed by atoms with Crippen LogP contribution in [0, 0.1) is 12.7 Å². The molecule has 2 rings (SSSR count). The van der Waals surface area contributed by atoms with E-state index in [2.05, 4.69) is 0 Å². The molecular formula is C16H13FO3. The molecule has 3 nitrogen and oxygen atoms in total. The summed E-state index contributed by atoms with van der Waals surface area (Å²) in [5.74, 6) is -1.15. The van der Waals surface area contributed by atoms with Crippen molar-refractivity contribution in [3.05, 3.63) is 65.5 Å². The van der Waals surface area contributed by atoms with Gasteiger partial charge >= 0.3 is 5.97 Å². The minimum atomic E-state index is -1.10. The van der Waals surface area contributed by atoms with E-state index < -0.39 is 11.8 Å². The van der Waals surface area contributed by atoms with Gasteiger partial charge in [0.25, 0.3) is 0 Å². The van der Waals surface area contributed by atoms with Gasteiger partial charge < -0.3 is 9.84 Å². The molecule has 0 aliphatic heterocycles. The second-order valence-electron chi connectivity index (χ2n) is 4.24. The number of ether oxygens (including phenoxy) is 1. The number of halogens is 1. The van der Waals surface area contributed by atoms with Crippen LogP contribution in [-0.4, -0.2) is 11.1 Å². The van der Waals surface area contributed by atoms with Gasteiger partial charge in [-0.1, -0.05) is 29.8 Å². The van der Waals surface area contributed by atoms with Gasteiger partial charge in [-0.15, -0.1) is 0 Å². The third-order valence-corrected chi connectivity index (χ3v) is 2.64. The number of carboxylic acid groups (broad SMARTS) is 1. The van der Waals surface area contributed by atoms with Gasteiger partial charge in [-0.3, -0.25) is 0 Å². The van der Waals surface area contributed by atoms with E-state index in [0.717, 1.165) is 11.6 Å². The molecule has 0 saturated heterocycles. The molecule has 0 amide bonds. The lowest BCUT2D eigenvalue weighted by molar-refractivity contribution is -0.131. The van der Waals surface area contributed by atoms with E-state index in [1.165, 1.54) is 18.2 Å². The van der Waals surface area contributed by atoms with Crippen molar-refractivity contribution in [2.24, 2.45) is 0 Å².